The first-order chi connectivity index (χ1) is 12.1. The quantitative estimate of drug-likeness (QED) is 0.847. The van der Waals surface area contributed by atoms with Crippen molar-refractivity contribution in [3.8, 4) is 0 Å². The van der Waals surface area contributed by atoms with Crippen molar-refractivity contribution in [3.05, 3.63) is 76.6 Å². The number of hydrogen-bond acceptors (Lipinski definition) is 4. The molecule has 2 aliphatic carbocycles. The van der Waals surface area contributed by atoms with Gasteiger partial charge in [0.05, 0.1) is 0 Å². The van der Waals surface area contributed by atoms with Crippen LogP contribution < -0.4 is 0 Å². The van der Waals surface area contributed by atoms with Crippen molar-refractivity contribution in [1.82, 2.24) is 4.98 Å². The normalized spacial score (nSPS) is 22.7. The number of carbonyl (C=O) groups is 3. The minimum absolute atomic E-state index is 0.0262. The molecule has 0 aliphatic heterocycles. The number of hydrogen-bond donors (Lipinski definition) is 0. The van der Waals surface area contributed by atoms with E-state index in [4.69, 9.17) is 0 Å². The number of pyridine rings is 1. The lowest BCUT2D eigenvalue weighted by Crippen LogP contribution is -2.37. The Morgan fingerprint density at radius 3 is 2.16 bits per heavy atom. The van der Waals surface area contributed by atoms with Crippen LogP contribution in [-0.2, 0) is 11.2 Å². The Labute approximate surface area is 145 Å². The van der Waals surface area contributed by atoms with Gasteiger partial charge in [-0.2, -0.15) is 0 Å². The van der Waals surface area contributed by atoms with Crippen LogP contribution in [0.1, 0.15) is 39.6 Å². The van der Waals surface area contributed by atoms with Crippen LogP contribution in [0.15, 0.2) is 59.9 Å². The summed E-state index contributed by atoms with van der Waals surface area (Å²) >= 11 is 0. The zero-order valence-corrected chi connectivity index (χ0v) is 13.9. The van der Waals surface area contributed by atoms with Crippen LogP contribution in [0.3, 0.4) is 0 Å². The Hall–Kier alpha value is -2.88. The predicted octanol–water partition coefficient (Wildman–Crippen LogP) is 3.23. The summed E-state index contributed by atoms with van der Waals surface area (Å²) in [7, 11) is 0. The van der Waals surface area contributed by atoms with E-state index in [2.05, 4.69) is 4.98 Å². The molecule has 2 unspecified atom stereocenters. The molecule has 25 heavy (non-hydrogen) atoms. The van der Waals surface area contributed by atoms with Crippen LogP contribution in [0, 0.1) is 11.8 Å². The molecule has 2 aliphatic rings. The van der Waals surface area contributed by atoms with Crippen LogP contribution in [0.4, 0.5) is 0 Å². The molecule has 0 fully saturated rings. The monoisotopic (exact) mass is 331 g/mol. The molecule has 1 aromatic carbocycles. The molecule has 0 saturated heterocycles. The number of allylic oxidation sites excluding steroid dienone is 2. The number of carbonyl (C=O) groups excluding carboxylic acids is 3. The zero-order valence-electron chi connectivity index (χ0n) is 13.9. The fraction of sp³-hybridized carbons (Fsp3) is 0.238. The van der Waals surface area contributed by atoms with E-state index in [1.807, 2.05) is 12.1 Å². The molecular formula is C21H17NO3. The molecule has 0 radical (unpaired) electrons. The summed E-state index contributed by atoms with van der Waals surface area (Å²) in [4.78, 5) is 42.6. The number of benzene rings is 1. The fourth-order valence-electron chi connectivity index (χ4n) is 3.91. The maximum atomic E-state index is 13.1. The third kappa shape index (κ3) is 2.45. The molecule has 4 nitrogen and oxygen atoms in total. The lowest BCUT2D eigenvalue weighted by Gasteiger charge is -2.33. The Kier molecular flexibility index (Phi) is 3.68. The van der Waals surface area contributed by atoms with Gasteiger partial charge in [0.2, 0.25) is 0 Å². The summed E-state index contributed by atoms with van der Waals surface area (Å²) in [5, 5.41) is 0. The molecule has 1 aromatic heterocycles. The van der Waals surface area contributed by atoms with Crippen LogP contribution >= 0.6 is 0 Å². The van der Waals surface area contributed by atoms with Gasteiger partial charge in [0.15, 0.2) is 11.6 Å². The minimum atomic E-state index is -0.520. The van der Waals surface area contributed by atoms with Crippen molar-refractivity contribution in [1.29, 1.82) is 0 Å². The third-order valence-electron chi connectivity index (χ3n) is 5.20. The molecule has 4 heteroatoms. The summed E-state index contributed by atoms with van der Waals surface area (Å²) < 4.78 is 0. The number of nitrogens with zero attached hydrogens (tertiary/aromatic N) is 1. The number of ketones is 3. The molecule has 4 rings (SSSR count). The van der Waals surface area contributed by atoms with E-state index in [-0.39, 0.29) is 23.3 Å². The average Bonchev–Trinajstić information content (AvgIpc) is 2.63. The Morgan fingerprint density at radius 1 is 0.920 bits per heavy atom. The smallest absolute Gasteiger partial charge is 0.190 e. The molecule has 1 heterocycles. The van der Waals surface area contributed by atoms with Gasteiger partial charge in [-0.1, -0.05) is 31.2 Å². The summed E-state index contributed by atoms with van der Waals surface area (Å²) in [6.07, 6.45) is 4.24. The first kappa shape index (κ1) is 15.6. The summed E-state index contributed by atoms with van der Waals surface area (Å²) in [6.45, 7) is 1.74. The highest BCUT2D eigenvalue weighted by molar-refractivity contribution is 6.29. The number of Topliss-reactive ketones (excluding diaryl/α,β-unsaturated/α-hetero) is 3. The van der Waals surface area contributed by atoms with Gasteiger partial charge in [0, 0.05) is 47.0 Å². The molecular weight excluding hydrogens is 314 g/mol. The number of fused-ring (bicyclic) bond motifs is 1. The van der Waals surface area contributed by atoms with E-state index in [0.717, 1.165) is 5.56 Å². The topological polar surface area (TPSA) is 64.1 Å². The van der Waals surface area contributed by atoms with Gasteiger partial charge in [0.25, 0.3) is 0 Å². The number of rotatable bonds is 2. The lowest BCUT2D eigenvalue weighted by molar-refractivity contribution is -0.122. The first-order valence-corrected chi connectivity index (χ1v) is 8.42. The predicted molar refractivity (Wildman–Crippen MR) is 92.3 cm³/mol. The van der Waals surface area contributed by atoms with Gasteiger partial charge in [-0.3, -0.25) is 19.4 Å². The molecule has 0 spiro atoms. The van der Waals surface area contributed by atoms with Gasteiger partial charge in [-0.05, 0) is 30.0 Å². The van der Waals surface area contributed by atoms with Crippen molar-refractivity contribution in [2.75, 3.05) is 0 Å². The van der Waals surface area contributed by atoms with E-state index < -0.39 is 5.92 Å². The molecule has 124 valence electrons. The molecule has 0 N–H and O–H groups in total. The molecule has 2 aromatic rings. The molecule has 2 atom stereocenters. The highest BCUT2D eigenvalue weighted by Crippen LogP contribution is 2.41. The van der Waals surface area contributed by atoms with Crippen molar-refractivity contribution in [2.24, 2.45) is 11.8 Å². The molecule has 0 bridgehead atoms. The largest absolute Gasteiger partial charge is 0.299 e. The van der Waals surface area contributed by atoms with E-state index in [0.29, 0.717) is 35.1 Å². The highest BCUT2D eigenvalue weighted by Gasteiger charge is 2.43. The summed E-state index contributed by atoms with van der Waals surface area (Å²) in [6, 6.07) is 10.6. The zero-order chi connectivity index (χ0) is 17.6. The van der Waals surface area contributed by atoms with Crippen molar-refractivity contribution >= 4 is 17.3 Å². The molecule has 0 saturated carbocycles. The van der Waals surface area contributed by atoms with Crippen molar-refractivity contribution in [3.63, 3.8) is 0 Å². The van der Waals surface area contributed by atoms with E-state index in [1.54, 1.807) is 43.6 Å². The number of aromatic nitrogens is 1. The van der Waals surface area contributed by atoms with Gasteiger partial charge in [-0.25, -0.2) is 0 Å². The summed E-state index contributed by atoms with van der Waals surface area (Å²) in [5.41, 5.74) is 2.81. The van der Waals surface area contributed by atoms with Crippen LogP contribution in [-0.4, -0.2) is 22.3 Å². The van der Waals surface area contributed by atoms with E-state index >= 15 is 0 Å². The maximum absolute atomic E-state index is 13.1. The lowest BCUT2D eigenvalue weighted by atomic mass is 9.67. The second kappa shape index (κ2) is 5.88. The Morgan fingerprint density at radius 2 is 1.52 bits per heavy atom. The maximum Gasteiger partial charge on any atom is 0.190 e. The van der Waals surface area contributed by atoms with Gasteiger partial charge < -0.3 is 0 Å². The summed E-state index contributed by atoms with van der Waals surface area (Å²) in [5.74, 6) is -1.04. The van der Waals surface area contributed by atoms with Crippen LogP contribution in [0.25, 0.3) is 0 Å². The fourth-order valence-corrected chi connectivity index (χ4v) is 3.91. The van der Waals surface area contributed by atoms with E-state index in [1.165, 1.54) is 0 Å². The Bertz CT molecular complexity index is 927. The van der Waals surface area contributed by atoms with Gasteiger partial charge in [0.1, 0.15) is 5.78 Å². The first-order valence-electron chi connectivity index (χ1n) is 8.42. The average molecular weight is 331 g/mol. The van der Waals surface area contributed by atoms with Crippen molar-refractivity contribution < 1.29 is 14.4 Å². The van der Waals surface area contributed by atoms with Gasteiger partial charge in [-0.15, -0.1) is 0 Å². The van der Waals surface area contributed by atoms with Crippen molar-refractivity contribution in [2.45, 2.75) is 19.8 Å². The molecule has 0 amide bonds. The SMILES string of the molecule is CC1C(=O)CC(Cc2ccncc2)C2=C1C(=O)c1ccccc1C2=O. The van der Waals surface area contributed by atoms with Crippen LogP contribution in [0.2, 0.25) is 0 Å². The van der Waals surface area contributed by atoms with Crippen LogP contribution in [0.5, 0.6) is 0 Å². The minimum Gasteiger partial charge on any atom is -0.299 e. The third-order valence-corrected chi connectivity index (χ3v) is 5.20. The highest BCUT2D eigenvalue weighted by atomic mass is 16.1. The second-order valence-electron chi connectivity index (χ2n) is 6.68. The van der Waals surface area contributed by atoms with E-state index in [9.17, 15) is 14.4 Å². The standard InChI is InChI=1S/C21H17NO3/c1-12-17(23)11-14(10-13-6-8-22-9-7-13)19-18(12)20(24)15-4-2-3-5-16(15)21(19)25/h2-9,12,14H,10-11H2,1H3. The van der Waals surface area contributed by atoms with Gasteiger partial charge >= 0.3 is 0 Å². The Balaban J connectivity index is 1.84. The second-order valence-corrected chi connectivity index (χ2v) is 6.68.